The Morgan fingerprint density at radius 1 is 1.07 bits per heavy atom. The lowest BCUT2D eigenvalue weighted by Crippen LogP contribution is -2.40. The molecule has 1 heterocycles. The third kappa shape index (κ3) is 4.57. The molecule has 0 saturated heterocycles. The molecule has 0 aliphatic carbocycles. The van der Waals surface area contributed by atoms with Crippen LogP contribution in [0.3, 0.4) is 0 Å². The molecule has 0 radical (unpaired) electrons. The average molecular weight is 418 g/mol. The molecule has 0 bridgehead atoms. The third-order valence-electron chi connectivity index (χ3n) is 3.97. The summed E-state index contributed by atoms with van der Waals surface area (Å²) in [4.78, 5) is 17.3. The Labute approximate surface area is 169 Å². The summed E-state index contributed by atoms with van der Waals surface area (Å²) < 4.78 is 28.8. The first-order valence-corrected chi connectivity index (χ1v) is 11.1. The maximum Gasteiger partial charge on any atom is 0.257 e. The number of fused-ring (bicyclic) bond motifs is 1. The predicted octanol–water partition coefficient (Wildman–Crippen LogP) is 4.24. The quantitative estimate of drug-likeness (QED) is 0.664. The number of hydrogen-bond donors (Lipinski definition) is 2. The lowest BCUT2D eigenvalue weighted by Gasteiger charge is -2.20. The van der Waals surface area contributed by atoms with Crippen molar-refractivity contribution in [1.82, 2.24) is 9.71 Å². The van der Waals surface area contributed by atoms with Crippen molar-refractivity contribution in [2.75, 3.05) is 5.32 Å². The van der Waals surface area contributed by atoms with Crippen molar-refractivity contribution in [3.63, 3.8) is 0 Å². The van der Waals surface area contributed by atoms with Crippen LogP contribution in [0.1, 0.15) is 42.3 Å². The van der Waals surface area contributed by atoms with Gasteiger partial charge < -0.3 is 0 Å². The molecule has 0 atom stereocenters. The zero-order valence-corrected chi connectivity index (χ0v) is 18.1. The van der Waals surface area contributed by atoms with Crippen molar-refractivity contribution in [3.05, 3.63) is 53.1 Å². The summed E-state index contributed by atoms with van der Waals surface area (Å²) in [5.41, 5.74) is 2.30. The minimum Gasteiger partial charge on any atom is -0.298 e. The number of nitrogens with one attached hydrogen (secondary N) is 2. The van der Waals surface area contributed by atoms with Crippen LogP contribution < -0.4 is 10.0 Å². The van der Waals surface area contributed by atoms with Crippen LogP contribution in [0.25, 0.3) is 10.2 Å². The Kier molecular flexibility index (Phi) is 5.31. The molecule has 0 aliphatic rings. The summed E-state index contributed by atoms with van der Waals surface area (Å²) in [6, 6.07) is 10.4. The highest BCUT2D eigenvalue weighted by atomic mass is 32.2. The van der Waals surface area contributed by atoms with Gasteiger partial charge in [-0.05, 0) is 70.0 Å². The molecule has 1 amide bonds. The molecule has 3 rings (SSSR count). The molecule has 0 unspecified atom stereocenters. The van der Waals surface area contributed by atoms with Gasteiger partial charge in [-0.15, -0.1) is 0 Å². The van der Waals surface area contributed by atoms with Gasteiger partial charge in [0.05, 0.1) is 15.1 Å². The van der Waals surface area contributed by atoms with Crippen molar-refractivity contribution in [2.24, 2.45) is 0 Å². The number of sulfonamides is 1. The molecule has 2 N–H and O–H groups in total. The van der Waals surface area contributed by atoms with E-state index in [1.165, 1.54) is 23.5 Å². The molecule has 8 heteroatoms. The first kappa shape index (κ1) is 20.4. The van der Waals surface area contributed by atoms with Gasteiger partial charge in [-0.2, -0.15) is 0 Å². The van der Waals surface area contributed by atoms with Crippen LogP contribution in [0, 0.1) is 13.8 Å². The van der Waals surface area contributed by atoms with E-state index >= 15 is 0 Å². The smallest absolute Gasteiger partial charge is 0.257 e. The maximum absolute atomic E-state index is 12.8. The van der Waals surface area contributed by atoms with Gasteiger partial charge in [0.25, 0.3) is 5.91 Å². The van der Waals surface area contributed by atoms with Crippen molar-refractivity contribution in [2.45, 2.75) is 45.1 Å². The molecule has 28 heavy (non-hydrogen) atoms. The maximum atomic E-state index is 12.8. The number of benzene rings is 2. The van der Waals surface area contributed by atoms with Gasteiger partial charge in [-0.1, -0.05) is 23.5 Å². The SMILES string of the molecule is Cc1ccc2nc(NC(=O)c3cc(S(=O)(=O)NC(C)(C)C)ccc3C)sc2c1. The number of aromatic nitrogens is 1. The summed E-state index contributed by atoms with van der Waals surface area (Å²) in [5.74, 6) is -0.388. The molecule has 0 saturated carbocycles. The van der Waals surface area contributed by atoms with Crippen LogP contribution in [0.5, 0.6) is 0 Å². The first-order chi connectivity index (χ1) is 12.9. The number of nitrogens with zero attached hydrogens (tertiary/aromatic N) is 1. The second-order valence-corrected chi connectivity index (χ2v) is 10.5. The molecule has 3 aromatic rings. The lowest BCUT2D eigenvalue weighted by atomic mass is 10.1. The number of aryl methyl sites for hydroxylation is 2. The van der Waals surface area contributed by atoms with Gasteiger partial charge in [0.1, 0.15) is 0 Å². The van der Waals surface area contributed by atoms with Crippen LogP contribution in [0.15, 0.2) is 41.3 Å². The van der Waals surface area contributed by atoms with Gasteiger partial charge >= 0.3 is 0 Å². The van der Waals surface area contributed by atoms with Gasteiger partial charge in [0, 0.05) is 11.1 Å². The van der Waals surface area contributed by atoms with E-state index in [-0.39, 0.29) is 10.8 Å². The highest BCUT2D eigenvalue weighted by Crippen LogP contribution is 2.27. The van der Waals surface area contributed by atoms with Crippen molar-refractivity contribution in [1.29, 1.82) is 0 Å². The minimum atomic E-state index is -3.73. The molecular weight excluding hydrogens is 394 g/mol. The molecule has 0 fully saturated rings. The number of amides is 1. The summed E-state index contributed by atoms with van der Waals surface area (Å²) >= 11 is 1.38. The number of rotatable bonds is 4. The van der Waals surface area contributed by atoms with E-state index in [4.69, 9.17) is 0 Å². The van der Waals surface area contributed by atoms with Crippen LogP contribution in [0.4, 0.5) is 5.13 Å². The molecule has 0 spiro atoms. The van der Waals surface area contributed by atoms with Gasteiger partial charge in [-0.25, -0.2) is 18.1 Å². The summed E-state index contributed by atoms with van der Waals surface area (Å²) in [6.45, 7) is 9.06. The van der Waals surface area contributed by atoms with Crippen LogP contribution in [-0.4, -0.2) is 24.8 Å². The largest absolute Gasteiger partial charge is 0.298 e. The van der Waals surface area contributed by atoms with E-state index in [0.29, 0.717) is 16.3 Å². The Morgan fingerprint density at radius 3 is 2.46 bits per heavy atom. The fourth-order valence-corrected chi connectivity index (χ4v) is 5.13. The van der Waals surface area contributed by atoms with E-state index in [1.807, 2.05) is 25.1 Å². The minimum absolute atomic E-state index is 0.0538. The van der Waals surface area contributed by atoms with E-state index in [2.05, 4.69) is 15.0 Å². The van der Waals surface area contributed by atoms with Crippen molar-refractivity contribution < 1.29 is 13.2 Å². The van der Waals surface area contributed by atoms with Gasteiger partial charge in [0.15, 0.2) is 5.13 Å². The fourth-order valence-electron chi connectivity index (χ4n) is 2.72. The zero-order valence-electron chi connectivity index (χ0n) is 16.5. The Morgan fingerprint density at radius 2 is 1.79 bits per heavy atom. The van der Waals surface area contributed by atoms with Crippen molar-refractivity contribution >= 4 is 42.6 Å². The number of hydrogen-bond acceptors (Lipinski definition) is 5. The number of carbonyl (C=O) groups is 1. The highest BCUT2D eigenvalue weighted by Gasteiger charge is 2.23. The Hall–Kier alpha value is -2.29. The molecule has 6 nitrogen and oxygen atoms in total. The van der Waals surface area contributed by atoms with E-state index in [1.54, 1.807) is 33.8 Å². The Balaban J connectivity index is 1.90. The number of carbonyl (C=O) groups excluding carboxylic acids is 1. The fraction of sp³-hybridized carbons (Fsp3) is 0.300. The topological polar surface area (TPSA) is 88.2 Å². The zero-order chi connectivity index (χ0) is 20.7. The molecule has 1 aromatic heterocycles. The second kappa shape index (κ2) is 7.27. The summed E-state index contributed by atoms with van der Waals surface area (Å²) in [7, 11) is -3.73. The monoisotopic (exact) mass is 417 g/mol. The molecule has 0 aliphatic heterocycles. The number of anilines is 1. The van der Waals surface area contributed by atoms with Crippen LogP contribution in [0.2, 0.25) is 0 Å². The predicted molar refractivity (Wildman–Crippen MR) is 114 cm³/mol. The van der Waals surface area contributed by atoms with Crippen molar-refractivity contribution in [3.8, 4) is 0 Å². The molecule has 2 aromatic carbocycles. The number of thiazole rings is 1. The standard InChI is InChI=1S/C20H23N3O3S2/c1-12-6-9-16-17(10-12)27-19(21-16)22-18(24)15-11-14(8-7-13(15)2)28(25,26)23-20(3,4)5/h6-11,23H,1-5H3,(H,21,22,24). The van der Waals surface area contributed by atoms with Gasteiger partial charge in [0.2, 0.25) is 10.0 Å². The summed E-state index contributed by atoms with van der Waals surface area (Å²) in [6.07, 6.45) is 0. The normalized spacial score (nSPS) is 12.3. The summed E-state index contributed by atoms with van der Waals surface area (Å²) in [5, 5.41) is 3.27. The van der Waals surface area contributed by atoms with E-state index < -0.39 is 15.6 Å². The van der Waals surface area contributed by atoms with E-state index in [0.717, 1.165) is 15.8 Å². The van der Waals surface area contributed by atoms with Crippen LogP contribution in [-0.2, 0) is 10.0 Å². The van der Waals surface area contributed by atoms with Crippen LogP contribution >= 0.6 is 11.3 Å². The van der Waals surface area contributed by atoms with E-state index in [9.17, 15) is 13.2 Å². The molecule has 148 valence electrons. The Bertz CT molecular complexity index is 1160. The third-order valence-corrected chi connectivity index (χ3v) is 6.66. The highest BCUT2D eigenvalue weighted by molar-refractivity contribution is 7.89. The van der Waals surface area contributed by atoms with Gasteiger partial charge in [-0.3, -0.25) is 10.1 Å². The lowest BCUT2D eigenvalue weighted by molar-refractivity contribution is 0.102. The molecular formula is C20H23N3O3S2. The first-order valence-electron chi connectivity index (χ1n) is 8.78. The average Bonchev–Trinajstić information content (AvgIpc) is 2.93. The second-order valence-electron chi connectivity index (χ2n) is 7.78.